The lowest BCUT2D eigenvalue weighted by Gasteiger charge is -2.22. The minimum absolute atomic E-state index is 0.0945. The van der Waals surface area contributed by atoms with Gasteiger partial charge in [-0.2, -0.15) is 0 Å². The van der Waals surface area contributed by atoms with Crippen LogP contribution in [-0.4, -0.2) is 49.7 Å². The molecule has 0 fully saturated rings. The number of carboxylic acids is 1. The van der Waals surface area contributed by atoms with Gasteiger partial charge in [-0.05, 0) is 30.4 Å². The predicted octanol–water partition coefficient (Wildman–Crippen LogP) is 3.27. The summed E-state index contributed by atoms with van der Waals surface area (Å²) < 4.78 is 1.69. The van der Waals surface area contributed by atoms with Crippen molar-refractivity contribution in [1.29, 1.82) is 0 Å². The molecule has 2 aromatic rings. The van der Waals surface area contributed by atoms with Crippen molar-refractivity contribution in [1.82, 2.24) is 19.7 Å². The van der Waals surface area contributed by atoms with Crippen LogP contribution in [0.4, 0.5) is 0 Å². The Morgan fingerprint density at radius 1 is 1.19 bits per heavy atom. The fourth-order valence-corrected chi connectivity index (χ4v) is 2.97. The molecule has 0 radical (unpaired) electrons. The fraction of sp³-hybridized carbons (Fsp3) is 0.500. The summed E-state index contributed by atoms with van der Waals surface area (Å²) in [5.74, 6) is -0.0401. The topological polar surface area (TPSA) is 88.3 Å². The van der Waals surface area contributed by atoms with E-state index in [1.54, 1.807) is 4.68 Å². The number of amides is 1. The van der Waals surface area contributed by atoms with Crippen LogP contribution in [0.1, 0.15) is 62.0 Å². The Hall–Kier alpha value is -2.70. The van der Waals surface area contributed by atoms with Gasteiger partial charge >= 0.3 is 5.97 Å². The van der Waals surface area contributed by atoms with Crippen molar-refractivity contribution in [2.75, 3.05) is 13.1 Å². The molecule has 0 saturated carbocycles. The standard InChI is InChI=1S/C20H28N4O3/c1-13(2)12-23(11-10-18(25)26)20(27)19-21-15(5)24(22-19)17-9-7-6-8-16(17)14(3)4/h6-9,13-14H,10-12H2,1-5H3,(H,25,26). The number of rotatable bonds is 8. The van der Waals surface area contributed by atoms with Crippen molar-refractivity contribution in [3.05, 3.63) is 41.5 Å². The molecule has 146 valence electrons. The molecule has 7 nitrogen and oxygen atoms in total. The second-order valence-corrected chi connectivity index (χ2v) is 7.40. The van der Waals surface area contributed by atoms with E-state index in [2.05, 4.69) is 23.9 Å². The van der Waals surface area contributed by atoms with E-state index in [0.29, 0.717) is 18.3 Å². The zero-order valence-electron chi connectivity index (χ0n) is 16.6. The first-order valence-corrected chi connectivity index (χ1v) is 9.24. The number of aromatic nitrogens is 3. The third-order valence-corrected chi connectivity index (χ3v) is 4.22. The van der Waals surface area contributed by atoms with E-state index in [1.165, 1.54) is 4.90 Å². The zero-order valence-corrected chi connectivity index (χ0v) is 16.6. The highest BCUT2D eigenvalue weighted by molar-refractivity contribution is 5.90. The van der Waals surface area contributed by atoms with E-state index >= 15 is 0 Å². The minimum Gasteiger partial charge on any atom is -0.481 e. The van der Waals surface area contributed by atoms with Crippen LogP contribution in [0.2, 0.25) is 0 Å². The van der Waals surface area contributed by atoms with Gasteiger partial charge in [0.2, 0.25) is 5.82 Å². The van der Waals surface area contributed by atoms with Gasteiger partial charge in [-0.3, -0.25) is 9.59 Å². The van der Waals surface area contributed by atoms with E-state index < -0.39 is 5.97 Å². The van der Waals surface area contributed by atoms with Gasteiger partial charge in [-0.15, -0.1) is 5.10 Å². The number of nitrogens with zero attached hydrogens (tertiary/aromatic N) is 4. The van der Waals surface area contributed by atoms with Crippen molar-refractivity contribution in [3.8, 4) is 5.69 Å². The summed E-state index contributed by atoms with van der Waals surface area (Å²) in [5, 5.41) is 13.4. The summed E-state index contributed by atoms with van der Waals surface area (Å²) >= 11 is 0. The minimum atomic E-state index is -0.933. The first-order valence-electron chi connectivity index (χ1n) is 9.24. The lowest BCUT2D eigenvalue weighted by Crippen LogP contribution is -2.36. The van der Waals surface area contributed by atoms with Crippen LogP contribution in [0.25, 0.3) is 5.69 Å². The SMILES string of the molecule is Cc1nc(C(=O)N(CCC(=O)O)CC(C)C)nn1-c1ccccc1C(C)C. The smallest absolute Gasteiger partial charge is 0.305 e. The van der Waals surface area contributed by atoms with Crippen LogP contribution in [0.5, 0.6) is 0 Å². The second-order valence-electron chi connectivity index (χ2n) is 7.40. The third kappa shape index (κ3) is 5.15. The largest absolute Gasteiger partial charge is 0.481 e. The molecule has 1 heterocycles. The Balaban J connectivity index is 2.35. The average Bonchev–Trinajstić information content (AvgIpc) is 2.99. The molecule has 0 unspecified atom stereocenters. The van der Waals surface area contributed by atoms with Crippen LogP contribution in [-0.2, 0) is 4.79 Å². The maximum Gasteiger partial charge on any atom is 0.305 e. The molecule has 0 aliphatic heterocycles. The number of hydrogen-bond acceptors (Lipinski definition) is 4. The number of hydrogen-bond donors (Lipinski definition) is 1. The van der Waals surface area contributed by atoms with E-state index in [4.69, 9.17) is 5.11 Å². The van der Waals surface area contributed by atoms with Crippen molar-refractivity contribution < 1.29 is 14.7 Å². The third-order valence-electron chi connectivity index (χ3n) is 4.22. The molecular formula is C20H28N4O3. The van der Waals surface area contributed by atoms with Gasteiger partial charge in [-0.25, -0.2) is 9.67 Å². The maximum atomic E-state index is 12.9. The Morgan fingerprint density at radius 2 is 1.85 bits per heavy atom. The number of aryl methyl sites for hydroxylation is 1. The molecule has 0 aliphatic rings. The highest BCUT2D eigenvalue weighted by Gasteiger charge is 2.23. The van der Waals surface area contributed by atoms with E-state index in [9.17, 15) is 9.59 Å². The van der Waals surface area contributed by atoms with Crippen LogP contribution in [0, 0.1) is 12.8 Å². The van der Waals surface area contributed by atoms with Crippen molar-refractivity contribution in [2.45, 2.75) is 47.0 Å². The quantitative estimate of drug-likeness (QED) is 0.768. The van der Waals surface area contributed by atoms with Gasteiger partial charge in [0.1, 0.15) is 5.82 Å². The summed E-state index contributed by atoms with van der Waals surface area (Å²) in [7, 11) is 0. The first-order chi connectivity index (χ1) is 12.7. The molecule has 0 atom stereocenters. The van der Waals surface area contributed by atoms with Gasteiger partial charge in [-0.1, -0.05) is 45.9 Å². The normalized spacial score (nSPS) is 11.2. The number of carbonyl (C=O) groups is 2. The molecular weight excluding hydrogens is 344 g/mol. The molecule has 0 bridgehead atoms. The maximum absolute atomic E-state index is 12.9. The Labute approximate surface area is 160 Å². The highest BCUT2D eigenvalue weighted by atomic mass is 16.4. The molecule has 0 saturated heterocycles. The summed E-state index contributed by atoms with van der Waals surface area (Å²) in [5.41, 5.74) is 2.02. The molecule has 1 N–H and O–H groups in total. The van der Waals surface area contributed by atoms with Gasteiger partial charge in [0, 0.05) is 13.1 Å². The van der Waals surface area contributed by atoms with Crippen molar-refractivity contribution in [3.63, 3.8) is 0 Å². The van der Waals surface area contributed by atoms with Gasteiger partial charge in [0.25, 0.3) is 5.91 Å². The second kappa shape index (κ2) is 8.79. The van der Waals surface area contributed by atoms with Gasteiger partial charge < -0.3 is 10.0 Å². The fourth-order valence-electron chi connectivity index (χ4n) is 2.97. The molecule has 0 aliphatic carbocycles. The van der Waals surface area contributed by atoms with E-state index in [1.807, 2.05) is 45.0 Å². The summed E-state index contributed by atoms with van der Waals surface area (Å²) in [4.78, 5) is 29.7. The Bertz CT molecular complexity index is 811. The van der Waals surface area contributed by atoms with Crippen LogP contribution in [0.15, 0.2) is 24.3 Å². The first kappa shape index (κ1) is 20.6. The average molecular weight is 372 g/mol. The predicted molar refractivity (Wildman–Crippen MR) is 103 cm³/mol. The van der Waals surface area contributed by atoms with E-state index in [0.717, 1.165) is 11.3 Å². The Morgan fingerprint density at radius 3 is 2.44 bits per heavy atom. The molecule has 27 heavy (non-hydrogen) atoms. The molecule has 7 heteroatoms. The summed E-state index contributed by atoms with van der Waals surface area (Å²) in [6.07, 6.45) is -0.103. The van der Waals surface area contributed by atoms with Crippen LogP contribution >= 0.6 is 0 Å². The van der Waals surface area contributed by atoms with Crippen LogP contribution < -0.4 is 0 Å². The number of para-hydroxylation sites is 1. The summed E-state index contributed by atoms with van der Waals surface area (Å²) in [6, 6.07) is 7.91. The molecule has 1 aromatic heterocycles. The monoisotopic (exact) mass is 372 g/mol. The molecule has 1 aromatic carbocycles. The molecule has 1 amide bonds. The van der Waals surface area contributed by atoms with Crippen LogP contribution in [0.3, 0.4) is 0 Å². The summed E-state index contributed by atoms with van der Waals surface area (Å²) in [6.45, 7) is 10.6. The van der Waals surface area contributed by atoms with Gasteiger partial charge in [0.15, 0.2) is 0 Å². The number of carbonyl (C=O) groups excluding carboxylic acids is 1. The highest BCUT2D eigenvalue weighted by Crippen LogP contribution is 2.23. The Kier molecular flexibility index (Phi) is 6.71. The number of benzene rings is 1. The number of aliphatic carboxylic acids is 1. The lowest BCUT2D eigenvalue weighted by atomic mass is 10.0. The molecule has 0 spiro atoms. The lowest BCUT2D eigenvalue weighted by molar-refractivity contribution is -0.137. The van der Waals surface area contributed by atoms with Crippen molar-refractivity contribution >= 4 is 11.9 Å². The number of carboxylic acid groups (broad SMARTS) is 1. The van der Waals surface area contributed by atoms with Gasteiger partial charge in [0.05, 0.1) is 12.1 Å². The zero-order chi connectivity index (χ0) is 20.1. The van der Waals surface area contributed by atoms with Crippen molar-refractivity contribution in [2.24, 2.45) is 5.92 Å². The molecule has 2 rings (SSSR count). The van der Waals surface area contributed by atoms with E-state index in [-0.39, 0.29) is 30.6 Å².